The van der Waals surface area contributed by atoms with Gasteiger partial charge in [0.15, 0.2) is 0 Å². The third-order valence-electron chi connectivity index (χ3n) is 5.64. The molecule has 1 saturated carbocycles. The first-order valence-corrected chi connectivity index (χ1v) is 10.3. The smallest absolute Gasteiger partial charge is 0.227 e. The maximum absolute atomic E-state index is 12.7. The number of aryl methyl sites for hydroxylation is 1. The van der Waals surface area contributed by atoms with Crippen LogP contribution in [0.5, 0.6) is 5.75 Å². The van der Waals surface area contributed by atoms with Crippen LogP contribution in [0.25, 0.3) is 0 Å². The van der Waals surface area contributed by atoms with E-state index in [1.807, 2.05) is 43.3 Å². The van der Waals surface area contributed by atoms with Crippen LogP contribution in [0.3, 0.4) is 0 Å². The predicted octanol–water partition coefficient (Wildman–Crippen LogP) is 4.11. The van der Waals surface area contributed by atoms with E-state index in [1.165, 1.54) is 5.56 Å². The molecule has 0 unspecified atom stereocenters. The summed E-state index contributed by atoms with van der Waals surface area (Å²) in [5, 5.41) is 6.05. The van der Waals surface area contributed by atoms with Crippen molar-refractivity contribution in [1.82, 2.24) is 5.32 Å². The summed E-state index contributed by atoms with van der Waals surface area (Å²) >= 11 is 0. The summed E-state index contributed by atoms with van der Waals surface area (Å²) in [5.41, 5.74) is 3.00. The molecule has 2 aromatic rings. The van der Waals surface area contributed by atoms with Gasteiger partial charge in [0, 0.05) is 18.4 Å². The summed E-state index contributed by atoms with van der Waals surface area (Å²) in [6, 6.07) is 15.9. The quantitative estimate of drug-likeness (QED) is 0.743. The number of benzene rings is 2. The largest absolute Gasteiger partial charge is 0.495 e. The lowest BCUT2D eigenvalue weighted by Gasteiger charge is -2.27. The van der Waals surface area contributed by atoms with Gasteiger partial charge in [-0.05, 0) is 62.3 Å². The maximum atomic E-state index is 12.7. The highest BCUT2D eigenvalue weighted by Gasteiger charge is 2.30. The Kier molecular flexibility index (Phi) is 7.28. The summed E-state index contributed by atoms with van der Waals surface area (Å²) in [7, 11) is 1.60. The maximum Gasteiger partial charge on any atom is 0.227 e. The van der Waals surface area contributed by atoms with Crippen LogP contribution < -0.4 is 15.4 Å². The Morgan fingerprint density at radius 2 is 1.62 bits per heavy atom. The molecule has 0 bridgehead atoms. The van der Waals surface area contributed by atoms with Crippen molar-refractivity contribution >= 4 is 17.5 Å². The number of nitrogens with one attached hydrogen (secondary N) is 2. The van der Waals surface area contributed by atoms with E-state index in [2.05, 4.69) is 22.8 Å². The lowest BCUT2D eigenvalue weighted by molar-refractivity contribution is -0.128. The van der Waals surface area contributed by atoms with E-state index in [0.717, 1.165) is 37.7 Å². The molecule has 0 radical (unpaired) electrons. The van der Waals surface area contributed by atoms with Crippen molar-refractivity contribution in [2.24, 2.45) is 11.8 Å². The van der Waals surface area contributed by atoms with Gasteiger partial charge >= 0.3 is 0 Å². The fourth-order valence-corrected chi connectivity index (χ4v) is 3.89. The summed E-state index contributed by atoms with van der Waals surface area (Å²) in [6.45, 7) is 2.63. The SMILES string of the molecule is COc1ccc(C)cc1NC(=O)C1CCC(C(=O)NCCc2ccccc2)CC1. The molecule has 0 aromatic heterocycles. The summed E-state index contributed by atoms with van der Waals surface area (Å²) in [6.07, 6.45) is 3.80. The van der Waals surface area contributed by atoms with Gasteiger partial charge in [0.25, 0.3) is 0 Å². The van der Waals surface area contributed by atoms with Gasteiger partial charge < -0.3 is 15.4 Å². The fourth-order valence-electron chi connectivity index (χ4n) is 3.89. The van der Waals surface area contributed by atoms with Gasteiger partial charge in [-0.3, -0.25) is 9.59 Å². The van der Waals surface area contributed by atoms with Crippen LogP contribution in [-0.4, -0.2) is 25.5 Å². The first-order valence-electron chi connectivity index (χ1n) is 10.3. The number of rotatable bonds is 7. The molecule has 0 heterocycles. The second-order valence-corrected chi connectivity index (χ2v) is 7.77. The zero-order chi connectivity index (χ0) is 20.6. The average molecular weight is 395 g/mol. The topological polar surface area (TPSA) is 67.4 Å². The van der Waals surface area contributed by atoms with Crippen molar-refractivity contribution in [3.63, 3.8) is 0 Å². The summed E-state index contributed by atoms with van der Waals surface area (Å²) in [4.78, 5) is 25.1. The molecule has 0 spiro atoms. The van der Waals surface area contributed by atoms with Crippen molar-refractivity contribution in [2.45, 2.75) is 39.0 Å². The monoisotopic (exact) mass is 394 g/mol. The molecule has 2 N–H and O–H groups in total. The number of hydrogen-bond acceptors (Lipinski definition) is 3. The van der Waals surface area contributed by atoms with Crippen LogP contribution in [0.15, 0.2) is 48.5 Å². The minimum absolute atomic E-state index is 0.00308. The molecule has 154 valence electrons. The Hall–Kier alpha value is -2.82. The first-order chi connectivity index (χ1) is 14.1. The Bertz CT molecular complexity index is 827. The van der Waals surface area contributed by atoms with E-state index in [1.54, 1.807) is 7.11 Å². The van der Waals surface area contributed by atoms with Gasteiger partial charge in [0.2, 0.25) is 11.8 Å². The third-order valence-corrected chi connectivity index (χ3v) is 5.64. The number of anilines is 1. The molecular formula is C24H30N2O3. The van der Waals surface area contributed by atoms with E-state index in [-0.39, 0.29) is 23.7 Å². The van der Waals surface area contributed by atoms with E-state index in [4.69, 9.17) is 4.74 Å². The lowest BCUT2D eigenvalue weighted by atomic mass is 9.81. The molecule has 5 heteroatoms. The number of ether oxygens (including phenoxy) is 1. The Balaban J connectivity index is 1.44. The first kappa shape index (κ1) is 20.9. The summed E-state index contributed by atoms with van der Waals surface area (Å²) < 4.78 is 5.34. The number of carbonyl (C=O) groups excluding carboxylic acids is 2. The van der Waals surface area contributed by atoms with E-state index in [9.17, 15) is 9.59 Å². The number of methoxy groups -OCH3 is 1. The summed E-state index contributed by atoms with van der Waals surface area (Å²) in [5.74, 6) is 0.726. The van der Waals surface area contributed by atoms with Gasteiger partial charge in [-0.25, -0.2) is 0 Å². The molecule has 0 atom stereocenters. The van der Waals surface area contributed by atoms with Crippen LogP contribution in [0.4, 0.5) is 5.69 Å². The standard InChI is InChI=1S/C24H30N2O3/c1-17-8-13-22(29-2)21(16-17)26-24(28)20-11-9-19(10-12-20)23(27)25-15-14-18-6-4-3-5-7-18/h3-8,13,16,19-20H,9-12,14-15H2,1-2H3,(H,25,27)(H,26,28). The van der Waals surface area contributed by atoms with E-state index < -0.39 is 0 Å². The molecule has 5 nitrogen and oxygen atoms in total. The molecule has 2 amide bonds. The fraction of sp³-hybridized carbons (Fsp3) is 0.417. The number of carbonyl (C=O) groups is 2. The van der Waals surface area contributed by atoms with Crippen LogP contribution in [0, 0.1) is 18.8 Å². The highest BCUT2D eigenvalue weighted by Crippen LogP contribution is 2.31. The van der Waals surface area contributed by atoms with E-state index >= 15 is 0 Å². The van der Waals surface area contributed by atoms with Gasteiger partial charge in [0.05, 0.1) is 12.8 Å². The Morgan fingerprint density at radius 1 is 0.966 bits per heavy atom. The second kappa shape index (κ2) is 10.1. The molecular weight excluding hydrogens is 364 g/mol. The van der Waals surface area contributed by atoms with Crippen molar-refractivity contribution in [3.05, 3.63) is 59.7 Å². The molecule has 1 aliphatic carbocycles. The highest BCUT2D eigenvalue weighted by atomic mass is 16.5. The molecule has 1 fully saturated rings. The zero-order valence-corrected chi connectivity index (χ0v) is 17.2. The molecule has 1 aliphatic rings. The van der Waals surface area contributed by atoms with E-state index in [0.29, 0.717) is 18.0 Å². The van der Waals surface area contributed by atoms with Crippen LogP contribution >= 0.6 is 0 Å². The Labute approximate surface area is 172 Å². The van der Waals surface area contributed by atoms with Crippen LogP contribution in [0.2, 0.25) is 0 Å². The predicted molar refractivity (Wildman–Crippen MR) is 115 cm³/mol. The van der Waals surface area contributed by atoms with Crippen molar-refractivity contribution in [3.8, 4) is 5.75 Å². The minimum Gasteiger partial charge on any atom is -0.495 e. The van der Waals surface area contributed by atoms with Gasteiger partial charge in [-0.15, -0.1) is 0 Å². The van der Waals surface area contributed by atoms with Gasteiger partial charge in [-0.2, -0.15) is 0 Å². The molecule has 3 rings (SSSR count). The average Bonchev–Trinajstić information content (AvgIpc) is 2.74. The Morgan fingerprint density at radius 3 is 2.28 bits per heavy atom. The molecule has 2 aromatic carbocycles. The van der Waals surface area contributed by atoms with Crippen LogP contribution in [-0.2, 0) is 16.0 Å². The number of hydrogen-bond donors (Lipinski definition) is 2. The van der Waals surface area contributed by atoms with Crippen molar-refractivity contribution in [1.29, 1.82) is 0 Å². The molecule has 0 aliphatic heterocycles. The lowest BCUT2D eigenvalue weighted by Crippen LogP contribution is -2.36. The van der Waals surface area contributed by atoms with Gasteiger partial charge in [0.1, 0.15) is 5.75 Å². The van der Waals surface area contributed by atoms with Crippen LogP contribution in [0.1, 0.15) is 36.8 Å². The van der Waals surface area contributed by atoms with Crippen molar-refractivity contribution in [2.75, 3.05) is 19.0 Å². The highest BCUT2D eigenvalue weighted by molar-refractivity contribution is 5.94. The van der Waals surface area contributed by atoms with Gasteiger partial charge in [-0.1, -0.05) is 36.4 Å². The van der Waals surface area contributed by atoms with Crippen molar-refractivity contribution < 1.29 is 14.3 Å². The zero-order valence-electron chi connectivity index (χ0n) is 17.2. The normalized spacial score (nSPS) is 18.7. The number of amides is 2. The molecule has 0 saturated heterocycles. The molecule has 29 heavy (non-hydrogen) atoms. The second-order valence-electron chi connectivity index (χ2n) is 7.77. The third kappa shape index (κ3) is 5.83. The minimum atomic E-state index is -0.0615.